The number of carbonyl (C=O) groups is 1. The van der Waals surface area contributed by atoms with Crippen molar-refractivity contribution in [1.29, 1.82) is 0 Å². The fraction of sp³-hybridized carbons (Fsp3) is 0.0952. The monoisotopic (exact) mass is 500 g/mol. The molecular formula is C21H18Br2N4O. The normalized spacial score (nSPS) is 11.8. The average molecular weight is 502 g/mol. The minimum Gasteiger partial charge on any atom is -0.266 e. The topological polar surface area (TPSA) is 59.3 Å². The van der Waals surface area contributed by atoms with Crippen LogP contribution >= 0.6 is 31.9 Å². The summed E-state index contributed by atoms with van der Waals surface area (Å²) in [6.45, 7) is 2.39. The predicted molar refractivity (Wildman–Crippen MR) is 119 cm³/mol. The zero-order valence-electron chi connectivity index (χ0n) is 15.1. The van der Waals surface area contributed by atoms with Crippen LogP contribution in [0.3, 0.4) is 0 Å². The van der Waals surface area contributed by atoms with Gasteiger partial charge in [0.25, 0.3) is 5.91 Å². The second-order valence-electron chi connectivity index (χ2n) is 6.09. The number of amides is 1. The van der Waals surface area contributed by atoms with Crippen molar-refractivity contribution in [3.8, 4) is 0 Å². The van der Waals surface area contributed by atoms with E-state index in [1.54, 1.807) is 10.9 Å². The van der Waals surface area contributed by atoms with Gasteiger partial charge in [-0.25, -0.2) is 5.43 Å². The largest absolute Gasteiger partial charge is 0.293 e. The highest BCUT2D eigenvalue weighted by Crippen LogP contribution is 2.17. The minimum absolute atomic E-state index is 0.292. The summed E-state index contributed by atoms with van der Waals surface area (Å²) in [4.78, 5) is 12.4. The van der Waals surface area contributed by atoms with Gasteiger partial charge in [-0.05, 0) is 52.2 Å². The number of carbonyl (C=O) groups excluding carboxylic acids is 1. The highest BCUT2D eigenvalue weighted by atomic mass is 79.9. The molecular weight excluding hydrogens is 484 g/mol. The van der Waals surface area contributed by atoms with E-state index in [1.807, 2.05) is 73.7 Å². The second kappa shape index (κ2) is 9.61. The van der Waals surface area contributed by atoms with Crippen molar-refractivity contribution in [2.75, 3.05) is 0 Å². The van der Waals surface area contributed by atoms with Crippen molar-refractivity contribution in [2.24, 2.45) is 5.10 Å². The van der Waals surface area contributed by atoms with Gasteiger partial charge in [-0.3, -0.25) is 9.48 Å². The fourth-order valence-corrected chi connectivity index (χ4v) is 3.18. The summed E-state index contributed by atoms with van der Waals surface area (Å²) < 4.78 is 3.36. The minimum atomic E-state index is -0.367. The van der Waals surface area contributed by atoms with Crippen molar-refractivity contribution in [1.82, 2.24) is 15.2 Å². The van der Waals surface area contributed by atoms with E-state index in [9.17, 15) is 4.79 Å². The van der Waals surface area contributed by atoms with Gasteiger partial charge in [-0.2, -0.15) is 10.2 Å². The molecule has 3 rings (SSSR count). The first-order valence-electron chi connectivity index (χ1n) is 8.56. The molecule has 28 heavy (non-hydrogen) atoms. The van der Waals surface area contributed by atoms with Crippen LogP contribution in [0.4, 0.5) is 0 Å². The van der Waals surface area contributed by atoms with Crippen LogP contribution < -0.4 is 5.43 Å². The SMILES string of the molecule is CC(/C=C/c1ccccc1)=N\NC(=O)c1nn(Cc2ccc(Br)cc2)cc1Br. The molecule has 0 aliphatic carbocycles. The summed E-state index contributed by atoms with van der Waals surface area (Å²) in [7, 11) is 0. The Labute approximate surface area is 180 Å². The first-order valence-corrected chi connectivity index (χ1v) is 10.1. The summed E-state index contributed by atoms with van der Waals surface area (Å²) in [5.41, 5.74) is 5.68. The van der Waals surface area contributed by atoms with E-state index in [1.165, 1.54) is 0 Å². The predicted octanol–water partition coefficient (Wildman–Crippen LogP) is 5.28. The Hall–Kier alpha value is -2.51. The number of allylic oxidation sites excluding steroid dienone is 1. The number of nitrogens with zero attached hydrogens (tertiary/aromatic N) is 3. The van der Waals surface area contributed by atoms with Crippen LogP contribution in [-0.2, 0) is 6.54 Å². The molecule has 0 saturated carbocycles. The van der Waals surface area contributed by atoms with Crippen LogP contribution in [0.2, 0.25) is 0 Å². The van der Waals surface area contributed by atoms with Crippen LogP contribution in [0, 0.1) is 0 Å². The van der Waals surface area contributed by atoms with Crippen LogP contribution in [-0.4, -0.2) is 21.4 Å². The zero-order chi connectivity index (χ0) is 19.9. The van der Waals surface area contributed by atoms with Crippen molar-refractivity contribution in [3.63, 3.8) is 0 Å². The van der Waals surface area contributed by atoms with Crippen LogP contribution in [0.5, 0.6) is 0 Å². The van der Waals surface area contributed by atoms with Crippen LogP contribution in [0.1, 0.15) is 28.5 Å². The molecule has 5 nitrogen and oxygen atoms in total. The van der Waals surface area contributed by atoms with Crippen molar-refractivity contribution in [3.05, 3.63) is 92.6 Å². The Morgan fingerprint density at radius 2 is 1.86 bits per heavy atom. The molecule has 0 atom stereocenters. The molecule has 1 aromatic heterocycles. The lowest BCUT2D eigenvalue weighted by Crippen LogP contribution is -2.20. The average Bonchev–Trinajstić information content (AvgIpc) is 3.07. The molecule has 2 aromatic carbocycles. The Balaban J connectivity index is 1.63. The highest BCUT2D eigenvalue weighted by Gasteiger charge is 2.15. The van der Waals surface area contributed by atoms with Crippen LogP contribution in [0.15, 0.2) is 80.9 Å². The summed E-state index contributed by atoms with van der Waals surface area (Å²) >= 11 is 6.82. The van der Waals surface area contributed by atoms with Gasteiger partial charge in [-0.15, -0.1) is 0 Å². The summed E-state index contributed by atoms with van der Waals surface area (Å²) in [6, 6.07) is 17.9. The summed E-state index contributed by atoms with van der Waals surface area (Å²) in [6.07, 6.45) is 5.56. The Morgan fingerprint density at radius 3 is 2.57 bits per heavy atom. The van der Waals surface area contributed by atoms with Gasteiger partial charge in [0.2, 0.25) is 0 Å². The van der Waals surface area contributed by atoms with E-state index < -0.39 is 0 Å². The Morgan fingerprint density at radius 1 is 1.14 bits per heavy atom. The molecule has 0 aliphatic heterocycles. The molecule has 0 fully saturated rings. The van der Waals surface area contributed by atoms with E-state index in [4.69, 9.17) is 0 Å². The molecule has 0 bridgehead atoms. The number of rotatable bonds is 6. The molecule has 142 valence electrons. The third-order valence-electron chi connectivity index (χ3n) is 3.84. The first-order chi connectivity index (χ1) is 13.5. The molecule has 1 heterocycles. The molecule has 0 radical (unpaired) electrons. The van der Waals surface area contributed by atoms with E-state index in [2.05, 4.69) is 47.5 Å². The van der Waals surface area contributed by atoms with E-state index in [0.717, 1.165) is 15.6 Å². The standard InChI is InChI=1S/C21H18Br2N4O/c1-15(7-8-16-5-3-2-4-6-16)24-25-21(28)20-19(23)14-27(26-20)13-17-9-11-18(22)12-10-17/h2-12,14H,13H2,1H3,(H,25,28)/b8-7+,24-15+. The lowest BCUT2D eigenvalue weighted by molar-refractivity contribution is 0.0948. The fourth-order valence-electron chi connectivity index (χ4n) is 2.42. The Kier molecular flexibility index (Phi) is 6.95. The van der Waals surface area contributed by atoms with Gasteiger partial charge < -0.3 is 0 Å². The number of hydrogen-bond acceptors (Lipinski definition) is 3. The number of benzene rings is 2. The molecule has 3 aromatic rings. The van der Waals surface area contributed by atoms with Crippen molar-refractivity contribution < 1.29 is 4.79 Å². The number of aromatic nitrogens is 2. The van der Waals surface area contributed by atoms with Crippen LogP contribution in [0.25, 0.3) is 6.08 Å². The summed E-state index contributed by atoms with van der Waals surface area (Å²) in [5, 5.41) is 8.47. The molecule has 1 amide bonds. The number of halogens is 2. The van der Waals surface area contributed by atoms with E-state index >= 15 is 0 Å². The van der Waals surface area contributed by atoms with Gasteiger partial charge in [0.05, 0.1) is 16.7 Å². The zero-order valence-corrected chi connectivity index (χ0v) is 18.3. The smallest absolute Gasteiger partial charge is 0.266 e. The van der Waals surface area contributed by atoms with Gasteiger partial charge in [0.15, 0.2) is 5.69 Å². The third kappa shape index (κ3) is 5.74. The maximum atomic E-state index is 12.4. The second-order valence-corrected chi connectivity index (χ2v) is 7.86. The van der Waals surface area contributed by atoms with Gasteiger partial charge >= 0.3 is 0 Å². The maximum Gasteiger partial charge on any atom is 0.293 e. The third-order valence-corrected chi connectivity index (χ3v) is 4.95. The van der Waals surface area contributed by atoms with E-state index in [0.29, 0.717) is 22.4 Å². The van der Waals surface area contributed by atoms with E-state index in [-0.39, 0.29) is 5.91 Å². The van der Waals surface area contributed by atoms with Gasteiger partial charge in [-0.1, -0.05) is 64.5 Å². The van der Waals surface area contributed by atoms with Crippen molar-refractivity contribution >= 4 is 49.6 Å². The molecule has 0 aliphatic rings. The first kappa shape index (κ1) is 20.2. The Bertz CT molecular complexity index is 1010. The van der Waals surface area contributed by atoms with Crippen molar-refractivity contribution in [2.45, 2.75) is 13.5 Å². The number of hydrogen-bond donors (Lipinski definition) is 1. The highest BCUT2D eigenvalue weighted by molar-refractivity contribution is 9.10. The quantitative estimate of drug-likeness (QED) is 0.369. The molecule has 0 saturated heterocycles. The molecule has 0 unspecified atom stereocenters. The number of nitrogens with one attached hydrogen (secondary N) is 1. The molecule has 1 N–H and O–H groups in total. The molecule has 0 spiro atoms. The number of hydrazone groups is 1. The lowest BCUT2D eigenvalue weighted by Gasteiger charge is -2.02. The molecule has 7 heteroatoms. The maximum absolute atomic E-state index is 12.4. The van der Waals surface area contributed by atoms with Gasteiger partial charge in [0, 0.05) is 10.7 Å². The summed E-state index contributed by atoms with van der Waals surface area (Å²) in [5.74, 6) is -0.367. The van der Waals surface area contributed by atoms with Gasteiger partial charge in [0.1, 0.15) is 0 Å². The lowest BCUT2D eigenvalue weighted by atomic mass is 10.2.